The second-order valence-electron chi connectivity index (χ2n) is 8.91. The van der Waals surface area contributed by atoms with Gasteiger partial charge >= 0.3 is 18.3 Å². The Labute approximate surface area is 236 Å². The number of carboxylic acids is 1. The maximum atomic E-state index is 13.2. The van der Waals surface area contributed by atoms with Gasteiger partial charge in [-0.2, -0.15) is 26.3 Å². The minimum atomic E-state index is -4.98. The Morgan fingerprint density at radius 2 is 1.75 bits per heavy atom. The van der Waals surface area contributed by atoms with Crippen molar-refractivity contribution in [2.45, 2.75) is 37.3 Å². The minimum Gasteiger partial charge on any atom is -0.480 e. The molecule has 0 radical (unpaired) electrons. The van der Waals surface area contributed by atoms with Gasteiger partial charge in [0.15, 0.2) is 0 Å². The van der Waals surface area contributed by atoms with Crippen LogP contribution in [0.5, 0.6) is 0 Å². The largest absolute Gasteiger partial charge is 0.480 e. The van der Waals surface area contributed by atoms with Crippen molar-refractivity contribution in [1.82, 2.24) is 15.5 Å². The van der Waals surface area contributed by atoms with Gasteiger partial charge in [-0.1, -0.05) is 24.0 Å². The van der Waals surface area contributed by atoms with Crippen LogP contribution < -0.4 is 10.6 Å². The SMILES string of the molecule is O=C(CCN1C(=O)C(=Cc2cc(-c3cc(C(F)(F)F)cc(C(F)(F)F)c3)cs2)SC1=S)N[C@H]1CN[C@H](C(=O)O)C1. The van der Waals surface area contributed by atoms with E-state index < -0.39 is 47.3 Å². The van der Waals surface area contributed by atoms with Crippen LogP contribution in [0, 0.1) is 0 Å². The number of carboxylic acid groups (broad SMARTS) is 1. The summed E-state index contributed by atoms with van der Waals surface area (Å²) in [5.41, 5.74) is -3.02. The first-order valence-electron chi connectivity index (χ1n) is 11.5. The van der Waals surface area contributed by atoms with Crippen molar-refractivity contribution >= 4 is 63.5 Å². The molecule has 1 aromatic heterocycles. The molecule has 2 atom stereocenters. The van der Waals surface area contributed by atoms with E-state index in [0.29, 0.717) is 23.6 Å². The monoisotopic (exact) mass is 623 g/mol. The van der Waals surface area contributed by atoms with Crippen molar-refractivity contribution in [2.24, 2.45) is 0 Å². The molecule has 7 nitrogen and oxygen atoms in total. The van der Waals surface area contributed by atoms with E-state index in [9.17, 15) is 40.7 Å². The lowest BCUT2D eigenvalue weighted by molar-refractivity contribution is -0.143. The molecule has 16 heteroatoms. The van der Waals surface area contributed by atoms with E-state index in [0.717, 1.165) is 23.1 Å². The highest BCUT2D eigenvalue weighted by atomic mass is 32.2. The quantitative estimate of drug-likeness (QED) is 0.228. The van der Waals surface area contributed by atoms with Crippen LogP contribution in [-0.2, 0) is 26.7 Å². The highest BCUT2D eigenvalue weighted by Crippen LogP contribution is 2.40. The van der Waals surface area contributed by atoms with E-state index in [4.69, 9.17) is 17.3 Å². The third kappa shape index (κ3) is 7.03. The molecular formula is C24H19F6N3O4S3. The van der Waals surface area contributed by atoms with Crippen molar-refractivity contribution in [2.75, 3.05) is 13.1 Å². The highest BCUT2D eigenvalue weighted by molar-refractivity contribution is 8.26. The molecule has 4 rings (SSSR count). The minimum absolute atomic E-state index is 0.0313. The zero-order valence-corrected chi connectivity index (χ0v) is 22.5. The standard InChI is InChI=1S/C24H19F6N3O4S3/c25-23(26,27)13-3-11(4-14(6-13)24(28,29)30)12-5-16(39-10-12)8-18-20(35)33(22(38)40-18)2-1-19(34)32-15-7-17(21(36)37)31-9-15/h3-6,8,10,15,17,31H,1-2,7,9H2,(H,32,34)(H,36,37)/t15-,17+/m1/s1. The van der Waals surface area contributed by atoms with Gasteiger partial charge in [0.05, 0.1) is 16.0 Å². The van der Waals surface area contributed by atoms with Gasteiger partial charge in [0.1, 0.15) is 10.4 Å². The summed E-state index contributed by atoms with van der Waals surface area (Å²) in [6, 6.07) is 1.58. The average Bonchev–Trinajstić information content (AvgIpc) is 3.57. The molecule has 0 saturated carbocycles. The van der Waals surface area contributed by atoms with Gasteiger partial charge < -0.3 is 15.7 Å². The number of halogens is 6. The van der Waals surface area contributed by atoms with Crippen molar-refractivity contribution in [1.29, 1.82) is 0 Å². The number of nitrogens with zero attached hydrogens (tertiary/aromatic N) is 1. The number of hydrogen-bond acceptors (Lipinski definition) is 7. The van der Waals surface area contributed by atoms with Gasteiger partial charge in [0.2, 0.25) is 5.91 Å². The summed E-state index contributed by atoms with van der Waals surface area (Å²) in [5, 5.41) is 15.9. The summed E-state index contributed by atoms with van der Waals surface area (Å²) in [5.74, 6) is -1.90. The number of carbonyl (C=O) groups excluding carboxylic acids is 2. The molecule has 1 aromatic carbocycles. The van der Waals surface area contributed by atoms with Crippen molar-refractivity contribution in [3.63, 3.8) is 0 Å². The molecule has 2 aliphatic rings. The highest BCUT2D eigenvalue weighted by Gasteiger charge is 2.37. The number of nitrogens with one attached hydrogen (secondary N) is 2. The topological polar surface area (TPSA) is 98.7 Å². The average molecular weight is 624 g/mol. The number of thiocarbonyl (C=S) groups is 1. The molecule has 0 unspecified atom stereocenters. The smallest absolute Gasteiger partial charge is 0.416 e. The molecule has 40 heavy (non-hydrogen) atoms. The van der Waals surface area contributed by atoms with E-state index in [1.807, 2.05) is 0 Å². The molecule has 2 aromatic rings. The lowest BCUT2D eigenvalue weighted by Crippen LogP contribution is -2.39. The zero-order chi connectivity index (χ0) is 29.4. The Bertz CT molecular complexity index is 1360. The molecule has 2 fully saturated rings. The van der Waals surface area contributed by atoms with Crippen LogP contribution in [0.4, 0.5) is 26.3 Å². The van der Waals surface area contributed by atoms with Crippen LogP contribution in [0.1, 0.15) is 28.8 Å². The molecule has 2 aliphatic heterocycles. The summed E-state index contributed by atoms with van der Waals surface area (Å²) in [4.78, 5) is 38.0. The molecule has 2 amide bonds. The molecular weight excluding hydrogens is 604 g/mol. The van der Waals surface area contributed by atoms with Crippen molar-refractivity contribution in [3.8, 4) is 11.1 Å². The van der Waals surface area contributed by atoms with Crippen LogP contribution in [0.15, 0.2) is 34.6 Å². The number of aliphatic carboxylic acids is 1. The Morgan fingerprint density at radius 1 is 1.10 bits per heavy atom. The van der Waals surface area contributed by atoms with Crippen LogP contribution in [0.3, 0.4) is 0 Å². The van der Waals surface area contributed by atoms with E-state index in [1.54, 1.807) is 0 Å². The number of amides is 2. The molecule has 0 aliphatic carbocycles. The maximum Gasteiger partial charge on any atom is 0.416 e. The van der Waals surface area contributed by atoms with Gasteiger partial charge in [0.25, 0.3) is 5.91 Å². The fourth-order valence-corrected chi connectivity index (χ4v) is 6.29. The fourth-order valence-electron chi connectivity index (χ4n) is 4.07. The molecule has 2 saturated heterocycles. The summed E-state index contributed by atoms with van der Waals surface area (Å²) >= 11 is 7.22. The number of benzene rings is 1. The van der Waals surface area contributed by atoms with E-state index in [2.05, 4.69) is 10.6 Å². The Kier molecular flexibility index (Phi) is 8.63. The zero-order valence-electron chi connectivity index (χ0n) is 20.1. The maximum absolute atomic E-state index is 13.2. The van der Waals surface area contributed by atoms with E-state index >= 15 is 0 Å². The van der Waals surface area contributed by atoms with Gasteiger partial charge in [-0.25, -0.2) is 0 Å². The fraction of sp³-hybridized carbons (Fsp3) is 0.333. The molecule has 3 N–H and O–H groups in total. The number of thiophene rings is 1. The first kappa shape index (κ1) is 30.0. The number of rotatable bonds is 7. The Balaban J connectivity index is 1.43. The molecule has 3 heterocycles. The lowest BCUT2D eigenvalue weighted by Gasteiger charge is -2.16. The third-order valence-electron chi connectivity index (χ3n) is 6.04. The van der Waals surface area contributed by atoms with Gasteiger partial charge in [0, 0.05) is 30.4 Å². The second-order valence-corrected chi connectivity index (χ2v) is 11.5. The van der Waals surface area contributed by atoms with Gasteiger partial charge in [-0.05, 0) is 53.3 Å². The number of carbonyl (C=O) groups is 3. The molecule has 0 bridgehead atoms. The molecule has 0 spiro atoms. The van der Waals surface area contributed by atoms with Crippen LogP contribution in [0.25, 0.3) is 17.2 Å². The predicted molar refractivity (Wildman–Crippen MR) is 140 cm³/mol. The first-order valence-corrected chi connectivity index (χ1v) is 13.6. The molecule has 214 valence electrons. The summed E-state index contributed by atoms with van der Waals surface area (Å²) in [6.07, 6.45) is -8.38. The Morgan fingerprint density at radius 3 is 2.33 bits per heavy atom. The number of alkyl halides is 6. The summed E-state index contributed by atoms with van der Waals surface area (Å²) in [6.45, 7) is 0.268. The van der Waals surface area contributed by atoms with Gasteiger partial charge in [-0.15, -0.1) is 11.3 Å². The third-order valence-corrected chi connectivity index (χ3v) is 8.30. The first-order chi connectivity index (χ1) is 18.6. The van der Waals surface area contributed by atoms with Crippen LogP contribution >= 0.6 is 35.3 Å². The Hall–Kier alpha value is -2.95. The van der Waals surface area contributed by atoms with Gasteiger partial charge in [-0.3, -0.25) is 19.3 Å². The van der Waals surface area contributed by atoms with Crippen LogP contribution in [-0.4, -0.2) is 57.3 Å². The predicted octanol–water partition coefficient (Wildman–Crippen LogP) is 4.98. The summed E-state index contributed by atoms with van der Waals surface area (Å²) in [7, 11) is 0. The van der Waals surface area contributed by atoms with E-state index in [-0.39, 0.29) is 51.8 Å². The van der Waals surface area contributed by atoms with Crippen molar-refractivity contribution in [3.05, 3.63) is 50.6 Å². The second kappa shape index (κ2) is 11.5. The normalized spacial score (nSPS) is 20.9. The number of thioether (sulfide) groups is 1. The lowest BCUT2D eigenvalue weighted by atomic mass is 10.0. The van der Waals surface area contributed by atoms with E-state index in [1.165, 1.54) is 22.4 Å². The van der Waals surface area contributed by atoms with Crippen LogP contribution in [0.2, 0.25) is 0 Å². The van der Waals surface area contributed by atoms with Crippen molar-refractivity contribution < 1.29 is 45.8 Å². The number of hydrogen-bond donors (Lipinski definition) is 3. The summed E-state index contributed by atoms with van der Waals surface area (Å²) < 4.78 is 79.5.